The summed E-state index contributed by atoms with van der Waals surface area (Å²) in [5, 5.41) is 8.59. The van der Waals surface area contributed by atoms with Crippen LogP contribution >= 0.6 is 0 Å². The Morgan fingerprint density at radius 2 is 2.38 bits per heavy atom. The molecule has 0 aliphatic heterocycles. The topological polar surface area (TPSA) is 46.3 Å². The van der Waals surface area contributed by atoms with Gasteiger partial charge in [0.25, 0.3) is 5.95 Å². The molecule has 0 fully saturated rings. The molecule has 0 spiro atoms. The molecule has 0 bridgehead atoms. The summed E-state index contributed by atoms with van der Waals surface area (Å²) in [5.41, 5.74) is 0.0440. The molecule has 0 unspecified atom stereocenters. The van der Waals surface area contributed by atoms with Gasteiger partial charge in [0, 0.05) is 6.92 Å². The number of aromatic hydroxyl groups is 1. The highest BCUT2D eigenvalue weighted by Crippen LogP contribution is 2.03. The number of aromatic nitrogens is 1. The first kappa shape index (κ1) is 5.22. The maximum atomic E-state index is 8.59. The standard InChI is InChI=1S/C4H4BNO2/c1-2-6-3(5)4(7)8-2/h7H,1H3. The summed E-state index contributed by atoms with van der Waals surface area (Å²) in [7, 11) is 5.09. The van der Waals surface area contributed by atoms with Crippen LogP contribution in [-0.2, 0) is 0 Å². The van der Waals surface area contributed by atoms with Crippen LogP contribution in [-0.4, -0.2) is 17.9 Å². The highest BCUT2D eigenvalue weighted by atomic mass is 16.5. The number of aryl methyl sites for hydroxylation is 1. The summed E-state index contributed by atoms with van der Waals surface area (Å²) in [6.07, 6.45) is 0. The molecule has 1 heterocycles. The summed E-state index contributed by atoms with van der Waals surface area (Å²) in [5.74, 6) is 0.0718. The van der Waals surface area contributed by atoms with E-state index in [0.29, 0.717) is 5.89 Å². The van der Waals surface area contributed by atoms with E-state index in [1.54, 1.807) is 6.92 Å². The predicted octanol–water partition coefficient (Wildman–Crippen LogP) is -0.518. The van der Waals surface area contributed by atoms with Crippen LogP contribution < -0.4 is 5.59 Å². The van der Waals surface area contributed by atoms with E-state index in [2.05, 4.69) is 9.40 Å². The van der Waals surface area contributed by atoms with Crippen molar-refractivity contribution in [3.63, 3.8) is 0 Å². The molecule has 0 saturated carbocycles. The highest BCUT2D eigenvalue weighted by molar-refractivity contribution is 6.32. The van der Waals surface area contributed by atoms with Crippen molar-refractivity contribution in [1.29, 1.82) is 0 Å². The quantitative estimate of drug-likeness (QED) is 0.456. The Hall–Kier alpha value is -0.925. The number of rotatable bonds is 0. The minimum atomic E-state index is -0.303. The van der Waals surface area contributed by atoms with Gasteiger partial charge in [-0.3, -0.25) is 0 Å². The average Bonchev–Trinajstić information content (AvgIpc) is 1.85. The van der Waals surface area contributed by atoms with Crippen molar-refractivity contribution in [2.75, 3.05) is 0 Å². The van der Waals surface area contributed by atoms with Crippen LogP contribution in [0.1, 0.15) is 5.89 Å². The molecule has 0 aromatic carbocycles. The van der Waals surface area contributed by atoms with Crippen LogP contribution in [0.5, 0.6) is 5.95 Å². The molecule has 1 rings (SSSR count). The molecule has 3 nitrogen and oxygen atoms in total. The van der Waals surface area contributed by atoms with Crippen LogP contribution in [0, 0.1) is 6.92 Å². The van der Waals surface area contributed by atoms with Gasteiger partial charge < -0.3 is 9.52 Å². The van der Waals surface area contributed by atoms with Crippen molar-refractivity contribution in [2.24, 2.45) is 0 Å². The Kier molecular flexibility index (Phi) is 1.01. The first-order chi connectivity index (χ1) is 3.70. The number of hydrogen-bond acceptors (Lipinski definition) is 3. The lowest BCUT2D eigenvalue weighted by Gasteiger charge is -1.76. The lowest BCUT2D eigenvalue weighted by atomic mass is 10.1. The van der Waals surface area contributed by atoms with E-state index in [4.69, 9.17) is 13.0 Å². The largest absolute Gasteiger partial charge is 0.480 e. The third-order valence-electron chi connectivity index (χ3n) is 0.741. The molecular formula is C4H4BNO2. The predicted molar refractivity (Wildman–Crippen MR) is 28.3 cm³/mol. The molecule has 1 aromatic heterocycles. The van der Waals surface area contributed by atoms with Crippen LogP contribution in [0.2, 0.25) is 0 Å². The fraction of sp³-hybridized carbons (Fsp3) is 0.250. The first-order valence-corrected chi connectivity index (χ1v) is 2.12. The lowest BCUT2D eigenvalue weighted by Crippen LogP contribution is -2.01. The second-order valence-corrected chi connectivity index (χ2v) is 1.42. The molecule has 40 valence electrons. The highest BCUT2D eigenvalue weighted by Gasteiger charge is 2.00. The molecule has 0 saturated heterocycles. The SMILES string of the molecule is [B]c1nc(C)oc1O. The van der Waals surface area contributed by atoms with Crippen molar-refractivity contribution in [3.05, 3.63) is 5.89 Å². The van der Waals surface area contributed by atoms with Gasteiger partial charge in [0.1, 0.15) is 0 Å². The summed E-state index contributed by atoms with van der Waals surface area (Å²) >= 11 is 0. The lowest BCUT2D eigenvalue weighted by molar-refractivity contribution is 0.325. The molecule has 0 aliphatic rings. The van der Waals surface area contributed by atoms with Crippen molar-refractivity contribution >= 4 is 13.4 Å². The Morgan fingerprint density at radius 3 is 2.50 bits per heavy atom. The maximum Gasteiger partial charge on any atom is 0.294 e. The Balaban J connectivity index is 3.14. The van der Waals surface area contributed by atoms with Crippen LogP contribution in [0.25, 0.3) is 0 Å². The van der Waals surface area contributed by atoms with Gasteiger partial charge in [-0.1, -0.05) is 0 Å². The molecule has 2 radical (unpaired) electrons. The minimum Gasteiger partial charge on any atom is -0.480 e. The van der Waals surface area contributed by atoms with E-state index in [-0.39, 0.29) is 11.5 Å². The molecule has 4 heteroatoms. The maximum absolute atomic E-state index is 8.59. The van der Waals surface area contributed by atoms with Crippen LogP contribution in [0.15, 0.2) is 4.42 Å². The van der Waals surface area contributed by atoms with Gasteiger partial charge in [-0.15, -0.1) is 0 Å². The second-order valence-electron chi connectivity index (χ2n) is 1.42. The van der Waals surface area contributed by atoms with Gasteiger partial charge in [0.2, 0.25) is 0 Å². The van der Waals surface area contributed by atoms with Crippen molar-refractivity contribution in [2.45, 2.75) is 6.92 Å². The van der Waals surface area contributed by atoms with E-state index in [1.807, 2.05) is 0 Å². The van der Waals surface area contributed by atoms with Crippen molar-refractivity contribution < 1.29 is 9.52 Å². The molecular weight excluding hydrogens is 105 g/mol. The van der Waals surface area contributed by atoms with E-state index < -0.39 is 0 Å². The van der Waals surface area contributed by atoms with Gasteiger partial charge in [-0.2, -0.15) is 0 Å². The van der Waals surface area contributed by atoms with E-state index in [9.17, 15) is 0 Å². The second kappa shape index (κ2) is 1.54. The normalized spacial score (nSPS) is 9.62. The monoisotopic (exact) mass is 109 g/mol. The van der Waals surface area contributed by atoms with E-state index >= 15 is 0 Å². The van der Waals surface area contributed by atoms with Gasteiger partial charge in [-0.25, -0.2) is 4.98 Å². The van der Waals surface area contributed by atoms with Crippen LogP contribution in [0.3, 0.4) is 0 Å². The Labute approximate surface area is 47.8 Å². The average molecular weight is 109 g/mol. The molecule has 8 heavy (non-hydrogen) atoms. The zero-order chi connectivity index (χ0) is 6.15. The molecule has 1 aromatic rings. The summed E-state index contributed by atoms with van der Waals surface area (Å²) < 4.78 is 4.53. The van der Waals surface area contributed by atoms with Gasteiger partial charge in [0.05, 0.1) is 5.59 Å². The fourth-order valence-electron chi connectivity index (χ4n) is 0.432. The summed E-state index contributed by atoms with van der Waals surface area (Å²) in [4.78, 5) is 3.57. The van der Waals surface area contributed by atoms with Crippen molar-refractivity contribution in [3.8, 4) is 5.95 Å². The number of oxazole rings is 1. The third-order valence-corrected chi connectivity index (χ3v) is 0.741. The summed E-state index contributed by atoms with van der Waals surface area (Å²) in [6, 6.07) is 0. The number of nitrogens with zero attached hydrogens (tertiary/aromatic N) is 1. The zero-order valence-electron chi connectivity index (χ0n) is 4.38. The smallest absolute Gasteiger partial charge is 0.294 e. The third kappa shape index (κ3) is 0.687. The Morgan fingerprint density at radius 1 is 1.75 bits per heavy atom. The van der Waals surface area contributed by atoms with Crippen molar-refractivity contribution in [1.82, 2.24) is 4.98 Å². The van der Waals surface area contributed by atoms with Gasteiger partial charge >= 0.3 is 0 Å². The summed E-state index contributed by atoms with van der Waals surface area (Å²) in [6.45, 7) is 1.61. The zero-order valence-corrected chi connectivity index (χ0v) is 4.38. The molecule has 0 amide bonds. The van der Waals surface area contributed by atoms with Crippen LogP contribution in [0.4, 0.5) is 0 Å². The minimum absolute atomic E-state index is 0.0440. The first-order valence-electron chi connectivity index (χ1n) is 2.12. The fourth-order valence-corrected chi connectivity index (χ4v) is 0.432. The number of hydrogen-bond donors (Lipinski definition) is 1. The molecule has 1 N–H and O–H groups in total. The molecule has 0 atom stereocenters. The van der Waals surface area contributed by atoms with Gasteiger partial charge in [-0.05, 0) is 0 Å². The Bertz CT molecular complexity index is 176. The van der Waals surface area contributed by atoms with Gasteiger partial charge in [0.15, 0.2) is 13.7 Å². The molecule has 0 aliphatic carbocycles. The van der Waals surface area contributed by atoms with E-state index in [1.165, 1.54) is 0 Å². The van der Waals surface area contributed by atoms with E-state index in [0.717, 1.165) is 0 Å².